The summed E-state index contributed by atoms with van der Waals surface area (Å²) in [6, 6.07) is 0.513. The van der Waals surface area contributed by atoms with E-state index in [0.29, 0.717) is 12.8 Å². The Kier molecular flexibility index (Phi) is 33.4. The van der Waals surface area contributed by atoms with Crippen molar-refractivity contribution >= 4 is 36.6 Å². The predicted octanol–water partition coefficient (Wildman–Crippen LogP) is -7.25. The summed E-state index contributed by atoms with van der Waals surface area (Å²) < 4.78 is 67.9. The summed E-state index contributed by atoms with van der Waals surface area (Å²) >= 11 is 0. The Morgan fingerprint density at radius 2 is 0.461 bits per heavy atom. The quantitative estimate of drug-likeness (QED) is 0.0602. The molecule has 38 heteroatoms. The molecule has 0 aromatic heterocycles. The van der Waals surface area contributed by atoms with Gasteiger partial charge in [-0.2, -0.15) is 0 Å². The Balaban J connectivity index is 0.000000384. The molecule has 36 nitrogen and oxygen atoms in total. The molecule has 24 aliphatic heterocycles. The van der Waals surface area contributed by atoms with Gasteiger partial charge in [-0.3, -0.25) is 9.59 Å². The fourth-order valence-electron chi connectivity index (χ4n) is 15.7. The summed E-state index contributed by atoms with van der Waals surface area (Å²) in [6.45, 7) is 11.7. The molecule has 598 valence electrons. The van der Waals surface area contributed by atoms with Crippen molar-refractivity contribution in [2.24, 2.45) is 0 Å². The fourth-order valence-corrected chi connectivity index (χ4v) is 15.7. The van der Waals surface area contributed by atoms with E-state index in [-0.39, 0.29) is 70.9 Å². The molecule has 0 saturated carbocycles. The molecule has 24 saturated heterocycles. The molecular weight excluding hydrogens is 1410 g/mol. The van der Waals surface area contributed by atoms with E-state index in [9.17, 15) is 102 Å². The molecule has 24 heterocycles. The lowest BCUT2D eigenvalue weighted by Crippen LogP contribution is -2.69. The van der Waals surface area contributed by atoms with E-state index in [1.54, 1.807) is 0 Å². The first-order valence-corrected chi connectivity index (χ1v) is 34.8. The zero-order valence-corrected chi connectivity index (χ0v) is 60.4. The van der Waals surface area contributed by atoms with Crippen molar-refractivity contribution in [3.05, 3.63) is 0 Å². The molecule has 0 aromatic carbocycles. The molecule has 22 N–H and O–H groups in total. The van der Waals surface area contributed by atoms with Crippen LogP contribution in [0.4, 0.5) is 0 Å². The molecule has 0 radical (unpaired) electrons. The number of aliphatic hydroxyl groups is 18. The minimum atomic E-state index is -2.15. The Labute approximate surface area is 604 Å². The average Bonchev–Trinajstić information content (AvgIpc) is 0.769. The highest BCUT2D eigenvalue weighted by molar-refractivity contribution is 5.85. The molecule has 24 fully saturated rings. The zero-order chi connectivity index (χ0) is 73.7. The van der Waals surface area contributed by atoms with Gasteiger partial charge < -0.3 is 170 Å². The van der Waals surface area contributed by atoms with Crippen LogP contribution in [0.5, 0.6) is 0 Å². The molecule has 24 aliphatic rings. The van der Waals surface area contributed by atoms with Gasteiger partial charge in [0.2, 0.25) is 11.8 Å². The van der Waals surface area contributed by atoms with Crippen molar-refractivity contribution in [3.63, 3.8) is 0 Å². The van der Waals surface area contributed by atoms with Gasteiger partial charge in [0.05, 0.1) is 39.6 Å². The lowest BCUT2D eigenvalue weighted by atomic mass is 9.79. The number of rotatable bonds is 17. The number of ether oxygens (including phenoxy) is 12. The summed E-state index contributed by atoms with van der Waals surface area (Å²) in [7, 11) is 0. The van der Waals surface area contributed by atoms with Gasteiger partial charge in [0.15, 0.2) is 37.7 Å². The van der Waals surface area contributed by atoms with Gasteiger partial charge >= 0.3 is 0 Å². The van der Waals surface area contributed by atoms with Gasteiger partial charge in [-0.1, -0.05) is 25.7 Å². The summed E-state index contributed by atoms with van der Waals surface area (Å²) in [5, 5.41) is 209. The summed E-state index contributed by atoms with van der Waals surface area (Å²) in [4.78, 5) is 24.8. The minimum absolute atomic E-state index is 0. The van der Waals surface area contributed by atoms with Crippen LogP contribution >= 0.6 is 24.8 Å². The SMILES string of the molecule is CC1(C)CC(NC(=O)CCCCCCCCC(=O)NC2CC(C)(C)NC(C)(C)C2)CC(C)(C)N1.Cl.Cl.OC[C@H]1O[C@@H]2O[C@H]3[C@H](O)[C@@H](O)[C@@H](O[C@H]4[C@H](O)[C@@H](O)[C@@H](O[C@H]5[C@H](O)[C@@H](O)[C@@H](O[C@H]6[C@H](O)[C@@H](O)[C@@H](O[C@H]7[C@H](O)[C@@H](O)[C@@H](O[C@H]1[C@H](O)[C@H]2O)O[C@@H]7CO)O[C@@H]6CO)O[C@@H]5CO)O[C@@H]4CO)O[C@@H]3CO. The van der Waals surface area contributed by atoms with Crippen LogP contribution in [-0.2, 0) is 66.4 Å². The van der Waals surface area contributed by atoms with Crippen LogP contribution in [0.25, 0.3) is 0 Å². The van der Waals surface area contributed by atoms with Crippen LogP contribution < -0.4 is 21.3 Å². The molecule has 0 aromatic rings. The standard InChI is InChI=1S/C36H60O30.C28H54N4O2.2ClH/c37-1-7-25-13(43)19(49)31(55-7)62-26-8(2-38)57-33(21(51)15(26)45)64-28-10(4-40)59-35(23(53)17(28)47)66-30-12(6-42)60-36(24(54)18(30)48)65-29-11(5-41)58-34(22(52)16(29)46)63-27-9(3-39)56-32(61-25)20(50)14(27)44;1-25(2)17-21(18-26(3,4)31-25)29-23(33)15-13-11-9-10-12-14-16-24(34)30-22-19-27(5,6)32-28(7,8)20-22;;/h7-54H,1-6H2;21-22,31-32H,9-20H2,1-8H3,(H,29,33)(H,30,34);2*1H/t7-,8-,9-,10-,11-,12-,13-,14-,15-,16-,17-,18-,19-,20-,21-,22-,23-,24-,25-,26-,27-,28-,29-,30-,31-,32-,33-,34-,35-,36-;;;/m1.../s1. The number of hydrogen-bond acceptors (Lipinski definition) is 34. The molecule has 0 unspecified atom stereocenters. The fraction of sp³-hybridized carbons (Fsp3) is 0.969. The lowest BCUT2D eigenvalue weighted by molar-refractivity contribution is -0.404. The first-order valence-electron chi connectivity index (χ1n) is 34.8. The molecule has 2 amide bonds. The number of nitrogens with one attached hydrogen (secondary N) is 4. The number of halogens is 2. The minimum Gasteiger partial charge on any atom is -0.394 e. The van der Waals surface area contributed by atoms with E-state index < -0.39 is 224 Å². The molecule has 24 rings (SSSR count). The van der Waals surface area contributed by atoms with Crippen molar-refractivity contribution in [2.75, 3.05) is 39.6 Å². The first kappa shape index (κ1) is 89.1. The maximum Gasteiger partial charge on any atom is 0.220 e. The van der Waals surface area contributed by atoms with Gasteiger partial charge in [-0.05, 0) is 93.9 Å². The molecule has 12 bridgehead atoms. The summed E-state index contributed by atoms with van der Waals surface area (Å²) in [5.41, 5.74) is 0.212. The van der Waals surface area contributed by atoms with Gasteiger partial charge in [0.25, 0.3) is 0 Å². The summed E-state index contributed by atoms with van der Waals surface area (Å²) in [5.74, 6) is 0.388. The van der Waals surface area contributed by atoms with Gasteiger partial charge in [-0.25, -0.2) is 0 Å². The maximum absolute atomic E-state index is 12.4. The Bertz CT molecular complexity index is 2170. The Morgan fingerprint density at radius 3 is 0.627 bits per heavy atom. The molecule has 30 atom stereocenters. The van der Waals surface area contributed by atoms with E-state index in [0.717, 1.165) is 64.2 Å². The number of amides is 2. The monoisotopic (exact) mass is 1520 g/mol. The topological polar surface area (TPSA) is 557 Å². The molecule has 0 aliphatic carbocycles. The number of unbranched alkanes of at least 4 members (excludes halogenated alkanes) is 5. The largest absolute Gasteiger partial charge is 0.394 e. The number of carbonyl (C=O) groups excluding carboxylic acids is 2. The van der Waals surface area contributed by atoms with Crippen LogP contribution in [0.2, 0.25) is 0 Å². The normalized spacial score (nSPS) is 43.8. The first-order chi connectivity index (χ1) is 47.0. The highest BCUT2D eigenvalue weighted by Gasteiger charge is 2.59. The van der Waals surface area contributed by atoms with Crippen molar-refractivity contribution in [1.29, 1.82) is 0 Å². The van der Waals surface area contributed by atoms with Crippen molar-refractivity contribution in [2.45, 2.75) is 351 Å². The molecule has 0 spiro atoms. The number of hydrogen-bond donors (Lipinski definition) is 22. The predicted molar refractivity (Wildman–Crippen MR) is 352 cm³/mol. The molecular formula is C64H116Cl2N4O32. The van der Waals surface area contributed by atoms with E-state index in [1.165, 1.54) is 0 Å². The number of aliphatic hydroxyl groups excluding tert-OH is 18. The van der Waals surface area contributed by atoms with Crippen molar-refractivity contribution in [3.8, 4) is 0 Å². The summed E-state index contributed by atoms with van der Waals surface area (Å²) in [6.07, 6.45) is -47.0. The second kappa shape index (κ2) is 38.2. The zero-order valence-electron chi connectivity index (χ0n) is 58.8. The maximum atomic E-state index is 12.4. The molecule has 102 heavy (non-hydrogen) atoms. The second-order valence-electron chi connectivity index (χ2n) is 30.6. The van der Waals surface area contributed by atoms with Crippen LogP contribution in [0, 0.1) is 0 Å². The Morgan fingerprint density at radius 1 is 0.294 bits per heavy atom. The van der Waals surface area contributed by atoms with Gasteiger partial charge in [0.1, 0.15) is 146 Å². The highest BCUT2D eigenvalue weighted by Crippen LogP contribution is 2.39. The van der Waals surface area contributed by atoms with Crippen molar-refractivity contribution in [1.82, 2.24) is 21.3 Å². The van der Waals surface area contributed by atoms with Crippen LogP contribution in [0.1, 0.15) is 132 Å². The van der Waals surface area contributed by atoms with E-state index in [2.05, 4.69) is 76.7 Å². The average molecular weight is 1520 g/mol. The highest BCUT2D eigenvalue weighted by atomic mass is 35.5. The smallest absolute Gasteiger partial charge is 0.220 e. The van der Waals surface area contributed by atoms with Crippen LogP contribution in [-0.4, -0.2) is 362 Å². The van der Waals surface area contributed by atoms with E-state index in [4.69, 9.17) is 56.8 Å². The van der Waals surface area contributed by atoms with Crippen molar-refractivity contribution < 1.29 is 158 Å². The van der Waals surface area contributed by atoms with Crippen LogP contribution in [0.3, 0.4) is 0 Å². The lowest BCUT2D eigenvalue weighted by Gasteiger charge is -2.50. The third kappa shape index (κ3) is 22.1. The van der Waals surface area contributed by atoms with E-state index >= 15 is 0 Å². The third-order valence-electron chi connectivity index (χ3n) is 19.8. The van der Waals surface area contributed by atoms with Gasteiger partial charge in [-0.15, -0.1) is 24.8 Å². The number of carbonyl (C=O) groups is 2. The van der Waals surface area contributed by atoms with E-state index in [1.807, 2.05) is 0 Å². The second-order valence-corrected chi connectivity index (χ2v) is 30.6. The number of piperidine rings is 2. The Hall–Kier alpha value is -1.76. The van der Waals surface area contributed by atoms with Gasteiger partial charge in [0, 0.05) is 47.1 Å². The third-order valence-corrected chi connectivity index (χ3v) is 19.8. The van der Waals surface area contributed by atoms with Crippen LogP contribution in [0.15, 0.2) is 0 Å².